The second kappa shape index (κ2) is 5.99. The highest BCUT2D eigenvalue weighted by atomic mass is 16.3. The van der Waals surface area contributed by atoms with E-state index in [-0.39, 0.29) is 29.6 Å². The number of carbonyl (C=O) groups is 1. The largest absolute Gasteiger partial charge is 0.396 e. The first kappa shape index (κ1) is 16.3. The normalized spacial score (nSPS) is 47.2. The summed E-state index contributed by atoms with van der Waals surface area (Å²) >= 11 is 0. The van der Waals surface area contributed by atoms with Crippen LogP contribution in [0.3, 0.4) is 0 Å². The molecule has 0 heterocycles. The van der Waals surface area contributed by atoms with Crippen molar-refractivity contribution >= 4 is 5.78 Å². The van der Waals surface area contributed by atoms with Gasteiger partial charge in [0.25, 0.3) is 0 Å². The molecule has 0 bridgehead atoms. The number of fused-ring (bicyclic) bond motifs is 5. The van der Waals surface area contributed by atoms with Crippen LogP contribution in [0, 0.1) is 52.3 Å². The molecular formula is C21H29NO2. The van der Waals surface area contributed by atoms with Gasteiger partial charge in [0.05, 0.1) is 12.0 Å². The zero-order valence-electron chi connectivity index (χ0n) is 14.7. The second-order valence-electron chi connectivity index (χ2n) is 8.69. The molecule has 0 spiro atoms. The van der Waals surface area contributed by atoms with E-state index in [1.807, 2.05) is 6.08 Å². The van der Waals surface area contributed by atoms with E-state index in [0.29, 0.717) is 30.1 Å². The van der Waals surface area contributed by atoms with E-state index in [9.17, 15) is 15.2 Å². The highest BCUT2D eigenvalue weighted by Gasteiger charge is 2.58. The maximum absolute atomic E-state index is 11.9. The third kappa shape index (κ3) is 2.15. The minimum Gasteiger partial charge on any atom is -0.396 e. The summed E-state index contributed by atoms with van der Waals surface area (Å²) in [6.45, 7) is 2.45. The topological polar surface area (TPSA) is 61.1 Å². The number of aliphatic hydroxyl groups excluding tert-OH is 1. The molecule has 0 aromatic rings. The minimum absolute atomic E-state index is 0.173. The summed E-state index contributed by atoms with van der Waals surface area (Å²) in [5, 5.41) is 19.6. The van der Waals surface area contributed by atoms with E-state index in [1.165, 1.54) is 24.8 Å². The highest BCUT2D eigenvalue weighted by molar-refractivity contribution is 5.91. The molecule has 0 aromatic heterocycles. The van der Waals surface area contributed by atoms with Gasteiger partial charge in [-0.2, -0.15) is 5.26 Å². The van der Waals surface area contributed by atoms with Gasteiger partial charge in [0.2, 0.25) is 0 Å². The van der Waals surface area contributed by atoms with Gasteiger partial charge in [-0.25, -0.2) is 0 Å². The number of hydrogen-bond donors (Lipinski definition) is 1. The maximum atomic E-state index is 11.9. The molecule has 130 valence electrons. The molecule has 4 rings (SSSR count). The number of aliphatic hydroxyl groups is 1. The van der Waals surface area contributed by atoms with Crippen LogP contribution in [0.4, 0.5) is 0 Å². The summed E-state index contributed by atoms with van der Waals surface area (Å²) in [5.41, 5.74) is 1.48. The van der Waals surface area contributed by atoms with Crippen LogP contribution in [0.25, 0.3) is 0 Å². The van der Waals surface area contributed by atoms with Gasteiger partial charge in [0.1, 0.15) is 0 Å². The molecule has 3 heteroatoms. The summed E-state index contributed by atoms with van der Waals surface area (Å²) in [4.78, 5) is 11.9. The predicted octanol–water partition coefficient (Wildman–Crippen LogP) is 3.88. The average molecular weight is 327 g/mol. The number of hydrogen-bond acceptors (Lipinski definition) is 3. The van der Waals surface area contributed by atoms with Crippen molar-refractivity contribution in [1.82, 2.24) is 0 Å². The molecule has 0 aromatic carbocycles. The third-order valence-electron chi connectivity index (χ3n) is 8.25. The van der Waals surface area contributed by atoms with E-state index in [1.54, 1.807) is 0 Å². The zero-order chi connectivity index (χ0) is 16.9. The quantitative estimate of drug-likeness (QED) is 0.837. The third-order valence-corrected chi connectivity index (χ3v) is 8.25. The first-order chi connectivity index (χ1) is 11.6. The van der Waals surface area contributed by atoms with Crippen molar-refractivity contribution in [1.29, 1.82) is 5.26 Å². The van der Waals surface area contributed by atoms with Crippen molar-refractivity contribution in [3.05, 3.63) is 11.6 Å². The monoisotopic (exact) mass is 327 g/mol. The smallest absolute Gasteiger partial charge is 0.155 e. The summed E-state index contributed by atoms with van der Waals surface area (Å²) in [7, 11) is 0. The summed E-state index contributed by atoms with van der Waals surface area (Å²) < 4.78 is 0. The molecule has 4 aliphatic carbocycles. The first-order valence-corrected chi connectivity index (χ1v) is 9.89. The molecule has 1 N–H and O–H groups in total. The van der Waals surface area contributed by atoms with Gasteiger partial charge >= 0.3 is 0 Å². The van der Waals surface area contributed by atoms with Gasteiger partial charge in [-0.3, -0.25) is 4.79 Å². The maximum Gasteiger partial charge on any atom is 0.155 e. The van der Waals surface area contributed by atoms with Gasteiger partial charge in [-0.1, -0.05) is 12.5 Å². The van der Waals surface area contributed by atoms with E-state index in [4.69, 9.17) is 0 Å². The van der Waals surface area contributed by atoms with Gasteiger partial charge < -0.3 is 5.11 Å². The fraction of sp³-hybridized carbons (Fsp3) is 0.810. The van der Waals surface area contributed by atoms with Crippen molar-refractivity contribution in [2.45, 2.75) is 58.3 Å². The number of rotatable bonds is 2. The molecule has 0 saturated heterocycles. The van der Waals surface area contributed by atoms with Crippen LogP contribution in [-0.4, -0.2) is 17.5 Å². The Balaban J connectivity index is 1.69. The predicted molar refractivity (Wildman–Crippen MR) is 91.8 cm³/mol. The summed E-state index contributed by atoms with van der Waals surface area (Å²) in [6, 6.07) is 2.63. The Morgan fingerprint density at radius 3 is 2.83 bits per heavy atom. The lowest BCUT2D eigenvalue weighted by Gasteiger charge is -2.56. The lowest BCUT2D eigenvalue weighted by molar-refractivity contribution is -0.116. The summed E-state index contributed by atoms with van der Waals surface area (Å²) in [6.07, 6.45) is 10.3. The van der Waals surface area contributed by atoms with Crippen LogP contribution in [0.15, 0.2) is 11.6 Å². The van der Waals surface area contributed by atoms with Crippen molar-refractivity contribution in [3.8, 4) is 6.07 Å². The van der Waals surface area contributed by atoms with Crippen LogP contribution in [0.5, 0.6) is 0 Å². The molecular weight excluding hydrogens is 298 g/mol. The van der Waals surface area contributed by atoms with Crippen LogP contribution >= 0.6 is 0 Å². The van der Waals surface area contributed by atoms with Crippen molar-refractivity contribution < 1.29 is 9.90 Å². The Morgan fingerprint density at radius 1 is 1.29 bits per heavy atom. The van der Waals surface area contributed by atoms with Gasteiger partial charge in [0, 0.05) is 18.9 Å². The first-order valence-electron chi connectivity index (χ1n) is 9.89. The fourth-order valence-corrected chi connectivity index (χ4v) is 7.20. The standard InChI is InChI=1S/C21H29NO2/c1-2-21-8-7-17-16-5-4-15(24)10-18(16)13(12-23)9-19(17)20(21)6-3-14(21)11-22/h10,13-14,16-17,19-20,23H,2-9,12H2,1H3/t13-,14+,16+,17+,19+,20-,21+/m0/s1. The molecule has 3 fully saturated rings. The second-order valence-corrected chi connectivity index (χ2v) is 8.69. The molecule has 24 heavy (non-hydrogen) atoms. The molecule has 3 saturated carbocycles. The Bertz CT molecular complexity index is 603. The molecule has 0 aliphatic heterocycles. The zero-order valence-corrected chi connectivity index (χ0v) is 14.7. The van der Waals surface area contributed by atoms with Gasteiger partial charge in [-0.05, 0) is 80.1 Å². The molecule has 0 unspecified atom stereocenters. The van der Waals surface area contributed by atoms with Crippen LogP contribution < -0.4 is 0 Å². The van der Waals surface area contributed by atoms with Crippen molar-refractivity contribution in [2.24, 2.45) is 40.9 Å². The van der Waals surface area contributed by atoms with E-state index >= 15 is 0 Å². The fourth-order valence-electron chi connectivity index (χ4n) is 7.20. The number of carbonyl (C=O) groups excluding carboxylic acids is 1. The molecule has 7 atom stereocenters. The van der Waals surface area contributed by atoms with Crippen molar-refractivity contribution in [2.75, 3.05) is 6.61 Å². The van der Waals surface area contributed by atoms with E-state index < -0.39 is 0 Å². The average Bonchev–Trinajstić information content (AvgIpc) is 2.99. The van der Waals surface area contributed by atoms with E-state index in [2.05, 4.69) is 13.0 Å². The molecule has 0 amide bonds. The molecule has 4 aliphatic rings. The minimum atomic E-state index is 0.173. The van der Waals surface area contributed by atoms with Crippen LogP contribution in [0.1, 0.15) is 58.3 Å². The molecule has 0 radical (unpaired) electrons. The molecule has 3 nitrogen and oxygen atoms in total. The van der Waals surface area contributed by atoms with Gasteiger partial charge in [0.15, 0.2) is 5.78 Å². The lowest BCUT2D eigenvalue weighted by Crippen LogP contribution is -2.49. The van der Waals surface area contributed by atoms with Crippen LogP contribution in [0.2, 0.25) is 0 Å². The Labute approximate surface area is 145 Å². The van der Waals surface area contributed by atoms with E-state index in [0.717, 1.165) is 25.7 Å². The Morgan fingerprint density at radius 2 is 2.12 bits per heavy atom. The Hall–Kier alpha value is -1.14. The summed E-state index contributed by atoms with van der Waals surface area (Å²) in [5.74, 6) is 3.13. The Kier molecular flexibility index (Phi) is 4.07. The lowest BCUT2D eigenvalue weighted by atomic mass is 9.49. The number of ketones is 1. The van der Waals surface area contributed by atoms with Crippen LogP contribution in [-0.2, 0) is 4.79 Å². The van der Waals surface area contributed by atoms with Crippen molar-refractivity contribution in [3.63, 3.8) is 0 Å². The highest BCUT2D eigenvalue weighted by Crippen LogP contribution is 2.65. The number of nitrogens with zero attached hydrogens (tertiary/aromatic N) is 1. The van der Waals surface area contributed by atoms with Gasteiger partial charge in [-0.15, -0.1) is 0 Å². The number of nitriles is 1. The SMILES string of the molecule is CC[C@]12CC[C@H]3[C@@H](C[C@@H](CO)C4=CC(=O)CC[C@@H]43)[C@@H]1CC[C@@H]2C#N.